The summed E-state index contributed by atoms with van der Waals surface area (Å²) in [5.41, 5.74) is 0.725. The molecule has 0 radical (unpaired) electrons. The second-order valence-corrected chi connectivity index (χ2v) is 6.40. The van der Waals surface area contributed by atoms with Gasteiger partial charge in [0, 0.05) is 6.42 Å². The number of hydrogen-bond acceptors (Lipinski definition) is 3. The monoisotopic (exact) mass is 292 g/mol. The Morgan fingerprint density at radius 2 is 2.20 bits per heavy atom. The zero-order chi connectivity index (χ0) is 13.9. The molecule has 106 valence electrons. The Balaban J connectivity index is 1.59. The highest BCUT2D eigenvalue weighted by atomic mass is 32.1. The summed E-state index contributed by atoms with van der Waals surface area (Å²) >= 11 is 1.31. The van der Waals surface area contributed by atoms with Crippen LogP contribution in [0.25, 0.3) is 10.2 Å². The molecule has 1 aromatic carbocycles. The Labute approximate surface area is 121 Å². The van der Waals surface area contributed by atoms with Crippen LogP contribution in [0.3, 0.4) is 0 Å². The van der Waals surface area contributed by atoms with Crippen molar-refractivity contribution >= 4 is 32.6 Å². The summed E-state index contributed by atoms with van der Waals surface area (Å²) in [6.45, 7) is 0. The summed E-state index contributed by atoms with van der Waals surface area (Å²) in [6, 6.07) is 4.46. The molecule has 1 aliphatic rings. The Kier molecular flexibility index (Phi) is 3.96. The zero-order valence-electron chi connectivity index (χ0n) is 11.2. The van der Waals surface area contributed by atoms with Crippen LogP contribution in [-0.2, 0) is 4.79 Å². The number of nitrogens with zero attached hydrogens (tertiary/aromatic N) is 1. The van der Waals surface area contributed by atoms with Crippen LogP contribution in [0.4, 0.5) is 9.52 Å². The predicted octanol–water partition coefficient (Wildman–Crippen LogP) is 4.34. The van der Waals surface area contributed by atoms with Gasteiger partial charge < -0.3 is 5.32 Å². The first-order valence-electron chi connectivity index (χ1n) is 7.06. The minimum atomic E-state index is -0.278. The van der Waals surface area contributed by atoms with Crippen molar-refractivity contribution in [3.05, 3.63) is 24.0 Å². The van der Waals surface area contributed by atoms with Gasteiger partial charge in [-0.05, 0) is 30.5 Å². The molecule has 0 aliphatic heterocycles. The molecule has 5 heteroatoms. The van der Waals surface area contributed by atoms with Crippen LogP contribution in [0, 0.1) is 11.7 Å². The van der Waals surface area contributed by atoms with E-state index >= 15 is 0 Å². The number of rotatable bonds is 4. The minimum absolute atomic E-state index is 0.0106. The predicted molar refractivity (Wildman–Crippen MR) is 79.4 cm³/mol. The van der Waals surface area contributed by atoms with Crippen molar-refractivity contribution in [2.45, 2.75) is 38.5 Å². The molecule has 20 heavy (non-hydrogen) atoms. The van der Waals surface area contributed by atoms with E-state index in [0.717, 1.165) is 16.6 Å². The number of fused-ring (bicyclic) bond motifs is 1. The average molecular weight is 292 g/mol. The molecule has 3 nitrogen and oxygen atoms in total. The number of amides is 1. The molecule has 0 saturated heterocycles. The molecular formula is C15H17FN2OS. The molecule has 1 aliphatic carbocycles. The van der Waals surface area contributed by atoms with Crippen LogP contribution in [-0.4, -0.2) is 10.9 Å². The van der Waals surface area contributed by atoms with E-state index in [1.54, 1.807) is 6.07 Å². The number of benzene rings is 1. The smallest absolute Gasteiger partial charge is 0.226 e. The fourth-order valence-electron chi connectivity index (χ4n) is 2.77. The third-order valence-corrected chi connectivity index (χ3v) is 4.78. The van der Waals surface area contributed by atoms with Gasteiger partial charge in [0.2, 0.25) is 5.91 Å². The molecule has 1 fully saturated rings. The van der Waals surface area contributed by atoms with E-state index in [2.05, 4.69) is 10.3 Å². The van der Waals surface area contributed by atoms with E-state index in [0.29, 0.717) is 17.5 Å². The Bertz CT molecular complexity index is 619. The lowest BCUT2D eigenvalue weighted by molar-refractivity contribution is -0.116. The van der Waals surface area contributed by atoms with Crippen molar-refractivity contribution in [1.82, 2.24) is 4.98 Å². The number of thiazole rings is 1. The van der Waals surface area contributed by atoms with Gasteiger partial charge in [-0.25, -0.2) is 9.37 Å². The van der Waals surface area contributed by atoms with Crippen LogP contribution in [0.1, 0.15) is 38.5 Å². The first kappa shape index (κ1) is 13.5. The number of carbonyl (C=O) groups excluding carboxylic acids is 1. The Morgan fingerprint density at radius 3 is 3.00 bits per heavy atom. The third kappa shape index (κ3) is 3.15. The second kappa shape index (κ2) is 5.87. The summed E-state index contributed by atoms with van der Waals surface area (Å²) < 4.78 is 13.9. The van der Waals surface area contributed by atoms with E-state index in [1.165, 1.54) is 49.2 Å². The highest BCUT2D eigenvalue weighted by Gasteiger charge is 2.16. The summed E-state index contributed by atoms with van der Waals surface area (Å²) in [4.78, 5) is 16.2. The number of anilines is 1. The highest BCUT2D eigenvalue weighted by molar-refractivity contribution is 7.22. The quantitative estimate of drug-likeness (QED) is 0.910. The molecule has 0 spiro atoms. The van der Waals surface area contributed by atoms with Gasteiger partial charge in [-0.2, -0.15) is 0 Å². The first-order chi connectivity index (χ1) is 9.70. The van der Waals surface area contributed by atoms with Gasteiger partial charge in [0.15, 0.2) is 5.13 Å². The lowest BCUT2D eigenvalue weighted by Gasteiger charge is -2.07. The maximum Gasteiger partial charge on any atom is 0.226 e. The molecular weight excluding hydrogens is 275 g/mol. The molecule has 2 aromatic rings. The van der Waals surface area contributed by atoms with E-state index in [-0.39, 0.29) is 11.7 Å². The Hall–Kier alpha value is -1.49. The molecule has 1 amide bonds. The summed E-state index contributed by atoms with van der Waals surface area (Å²) in [5.74, 6) is 0.446. The van der Waals surface area contributed by atoms with E-state index < -0.39 is 0 Å². The zero-order valence-corrected chi connectivity index (χ0v) is 12.0. The van der Waals surface area contributed by atoms with Crippen LogP contribution >= 0.6 is 11.3 Å². The third-order valence-electron chi connectivity index (χ3n) is 3.85. The molecule has 1 N–H and O–H groups in total. The van der Waals surface area contributed by atoms with Crippen LogP contribution in [0.15, 0.2) is 18.2 Å². The van der Waals surface area contributed by atoms with Crippen molar-refractivity contribution in [3.8, 4) is 0 Å². The standard InChI is InChI=1S/C15H17FN2OS/c16-11-6-7-12-13(9-11)20-15(17-12)18-14(19)8-5-10-3-1-2-4-10/h6-7,9-10H,1-5,8H2,(H,17,18,19). The van der Waals surface area contributed by atoms with Crippen LogP contribution in [0.2, 0.25) is 0 Å². The molecule has 3 rings (SSSR count). The van der Waals surface area contributed by atoms with Gasteiger partial charge >= 0.3 is 0 Å². The van der Waals surface area contributed by atoms with Crippen molar-refractivity contribution in [2.24, 2.45) is 5.92 Å². The van der Waals surface area contributed by atoms with Crippen LogP contribution < -0.4 is 5.32 Å². The second-order valence-electron chi connectivity index (χ2n) is 5.37. The van der Waals surface area contributed by atoms with Crippen molar-refractivity contribution < 1.29 is 9.18 Å². The van der Waals surface area contributed by atoms with E-state index in [1.807, 2.05) is 0 Å². The van der Waals surface area contributed by atoms with E-state index in [9.17, 15) is 9.18 Å². The molecule has 0 bridgehead atoms. The van der Waals surface area contributed by atoms with Crippen molar-refractivity contribution in [2.75, 3.05) is 5.32 Å². The maximum absolute atomic E-state index is 13.1. The first-order valence-corrected chi connectivity index (χ1v) is 7.88. The highest BCUT2D eigenvalue weighted by Crippen LogP contribution is 2.29. The van der Waals surface area contributed by atoms with Gasteiger partial charge in [0.05, 0.1) is 10.2 Å². The number of nitrogens with one attached hydrogen (secondary N) is 1. The van der Waals surface area contributed by atoms with Crippen LogP contribution in [0.5, 0.6) is 0 Å². The summed E-state index contributed by atoms with van der Waals surface area (Å²) in [7, 11) is 0. The van der Waals surface area contributed by atoms with Gasteiger partial charge in [-0.1, -0.05) is 37.0 Å². The maximum atomic E-state index is 13.1. The topological polar surface area (TPSA) is 42.0 Å². The molecule has 1 aromatic heterocycles. The van der Waals surface area contributed by atoms with Gasteiger partial charge in [0.25, 0.3) is 0 Å². The normalized spacial score (nSPS) is 15.8. The largest absolute Gasteiger partial charge is 0.302 e. The van der Waals surface area contributed by atoms with Gasteiger partial charge in [-0.15, -0.1) is 0 Å². The number of halogens is 1. The minimum Gasteiger partial charge on any atom is -0.302 e. The fourth-order valence-corrected chi connectivity index (χ4v) is 3.67. The molecule has 1 saturated carbocycles. The molecule has 0 unspecified atom stereocenters. The number of carbonyl (C=O) groups is 1. The molecule has 0 atom stereocenters. The fraction of sp³-hybridized carbons (Fsp3) is 0.467. The average Bonchev–Trinajstić information content (AvgIpc) is 3.04. The lowest BCUT2D eigenvalue weighted by atomic mass is 10.0. The van der Waals surface area contributed by atoms with Gasteiger partial charge in [0.1, 0.15) is 5.82 Å². The van der Waals surface area contributed by atoms with Crippen molar-refractivity contribution in [3.63, 3.8) is 0 Å². The summed E-state index contributed by atoms with van der Waals surface area (Å²) in [6.07, 6.45) is 6.63. The Morgan fingerprint density at radius 1 is 1.40 bits per heavy atom. The molecule has 1 heterocycles. The number of hydrogen-bond donors (Lipinski definition) is 1. The van der Waals surface area contributed by atoms with Crippen molar-refractivity contribution in [1.29, 1.82) is 0 Å². The SMILES string of the molecule is O=C(CCC1CCCC1)Nc1nc2ccc(F)cc2s1. The number of aromatic nitrogens is 1. The lowest BCUT2D eigenvalue weighted by Crippen LogP contribution is -2.12. The van der Waals surface area contributed by atoms with Gasteiger partial charge in [-0.3, -0.25) is 4.79 Å². The summed E-state index contributed by atoms with van der Waals surface area (Å²) in [5, 5.41) is 3.38. The van der Waals surface area contributed by atoms with E-state index in [4.69, 9.17) is 0 Å².